The number of hydrogen-bond acceptors (Lipinski definition) is 5. The highest BCUT2D eigenvalue weighted by Crippen LogP contribution is 2.32. The zero-order chi connectivity index (χ0) is 13.5. The van der Waals surface area contributed by atoms with Gasteiger partial charge < -0.3 is 14.2 Å². The molecule has 0 amide bonds. The molecule has 1 aromatic rings. The van der Waals surface area contributed by atoms with Crippen LogP contribution in [0.1, 0.15) is 5.56 Å². The first-order valence-electron chi connectivity index (χ1n) is 5.09. The van der Waals surface area contributed by atoms with Crippen molar-refractivity contribution in [3.05, 3.63) is 29.3 Å². The summed E-state index contributed by atoms with van der Waals surface area (Å²) in [4.78, 5) is 11.3. The van der Waals surface area contributed by atoms with Crippen molar-refractivity contribution < 1.29 is 19.0 Å². The van der Waals surface area contributed by atoms with E-state index in [1.165, 1.54) is 27.4 Å². The van der Waals surface area contributed by atoms with Gasteiger partial charge in [-0.1, -0.05) is 12.1 Å². The van der Waals surface area contributed by atoms with E-state index in [4.69, 9.17) is 14.7 Å². The Morgan fingerprint density at radius 3 is 2.50 bits per heavy atom. The summed E-state index contributed by atoms with van der Waals surface area (Å²) < 4.78 is 14.8. The summed E-state index contributed by atoms with van der Waals surface area (Å²) in [6, 6.07) is 6.95. The fraction of sp³-hybridized carbons (Fsp3) is 0.231. The van der Waals surface area contributed by atoms with Gasteiger partial charge in [0.15, 0.2) is 11.5 Å². The average Bonchev–Trinajstić information content (AvgIpc) is 2.43. The van der Waals surface area contributed by atoms with Crippen LogP contribution in [0.2, 0.25) is 0 Å². The van der Waals surface area contributed by atoms with Gasteiger partial charge in [-0.25, -0.2) is 4.79 Å². The molecular weight excluding hydrogens is 234 g/mol. The second-order valence-electron chi connectivity index (χ2n) is 3.24. The minimum atomic E-state index is -0.692. The fourth-order valence-electron chi connectivity index (χ4n) is 1.43. The average molecular weight is 247 g/mol. The second-order valence-corrected chi connectivity index (χ2v) is 3.24. The van der Waals surface area contributed by atoms with E-state index in [2.05, 4.69) is 4.74 Å². The van der Waals surface area contributed by atoms with Gasteiger partial charge in [0, 0.05) is 5.56 Å². The topological polar surface area (TPSA) is 68.6 Å². The lowest BCUT2D eigenvalue weighted by atomic mass is 10.1. The molecule has 0 N–H and O–H groups in total. The molecule has 0 spiro atoms. The number of hydrogen-bond donors (Lipinski definition) is 0. The van der Waals surface area contributed by atoms with Crippen molar-refractivity contribution in [1.29, 1.82) is 5.26 Å². The minimum Gasteiger partial charge on any atom is -0.493 e. The molecular formula is C13H13NO4. The molecule has 1 aromatic carbocycles. The molecule has 0 atom stereocenters. The van der Waals surface area contributed by atoms with Crippen molar-refractivity contribution in [2.24, 2.45) is 0 Å². The molecule has 1 rings (SSSR count). The maximum Gasteiger partial charge on any atom is 0.348 e. The summed E-state index contributed by atoms with van der Waals surface area (Å²) in [7, 11) is 4.21. The summed E-state index contributed by atoms with van der Waals surface area (Å²) in [5.41, 5.74) is 0.461. The first kappa shape index (κ1) is 13.6. The Kier molecular flexibility index (Phi) is 4.76. The fourth-order valence-corrected chi connectivity index (χ4v) is 1.43. The van der Waals surface area contributed by atoms with Crippen LogP contribution in [0.25, 0.3) is 6.08 Å². The third-order valence-electron chi connectivity index (χ3n) is 2.26. The van der Waals surface area contributed by atoms with Gasteiger partial charge in [-0.3, -0.25) is 0 Å². The quantitative estimate of drug-likeness (QED) is 0.461. The standard InChI is InChI=1S/C13H13NO4/c1-16-11-6-4-5-9(12(11)17-2)7-10(8-14)13(15)18-3/h4-7H,1-3H3. The summed E-state index contributed by atoms with van der Waals surface area (Å²) in [5.74, 6) is 0.285. The third-order valence-corrected chi connectivity index (χ3v) is 2.26. The van der Waals surface area contributed by atoms with Crippen LogP contribution in [0, 0.1) is 11.3 Å². The van der Waals surface area contributed by atoms with E-state index in [0.29, 0.717) is 17.1 Å². The van der Waals surface area contributed by atoms with E-state index < -0.39 is 5.97 Å². The molecule has 18 heavy (non-hydrogen) atoms. The van der Waals surface area contributed by atoms with Gasteiger partial charge in [0.05, 0.1) is 21.3 Å². The molecule has 0 saturated heterocycles. The molecule has 5 heteroatoms. The van der Waals surface area contributed by atoms with Crippen molar-refractivity contribution in [1.82, 2.24) is 0 Å². The highest BCUT2D eigenvalue weighted by Gasteiger charge is 2.12. The molecule has 0 fully saturated rings. The summed E-state index contributed by atoms with van der Waals surface area (Å²) in [6.07, 6.45) is 1.40. The number of methoxy groups -OCH3 is 3. The normalized spacial score (nSPS) is 10.4. The maximum absolute atomic E-state index is 11.3. The highest BCUT2D eigenvalue weighted by atomic mass is 16.5. The van der Waals surface area contributed by atoms with Crippen LogP contribution in [0.3, 0.4) is 0 Å². The molecule has 94 valence electrons. The predicted octanol–water partition coefficient (Wildman–Crippen LogP) is 1.78. The van der Waals surface area contributed by atoms with E-state index in [1.807, 2.05) is 0 Å². The number of carbonyl (C=O) groups excluding carboxylic acids is 1. The number of carbonyl (C=O) groups is 1. The molecule has 0 unspecified atom stereocenters. The van der Waals surface area contributed by atoms with E-state index in [9.17, 15) is 4.79 Å². The Hall–Kier alpha value is -2.48. The Morgan fingerprint density at radius 2 is 2.00 bits per heavy atom. The van der Waals surface area contributed by atoms with E-state index in [1.54, 1.807) is 24.3 Å². The van der Waals surface area contributed by atoms with E-state index in [-0.39, 0.29) is 5.57 Å². The van der Waals surface area contributed by atoms with Gasteiger partial charge in [-0.2, -0.15) is 5.26 Å². The maximum atomic E-state index is 11.3. The zero-order valence-corrected chi connectivity index (χ0v) is 10.4. The van der Waals surface area contributed by atoms with Crippen LogP contribution in [0.5, 0.6) is 11.5 Å². The van der Waals surface area contributed by atoms with Crippen LogP contribution in [-0.2, 0) is 9.53 Å². The number of ether oxygens (including phenoxy) is 3. The van der Waals surface area contributed by atoms with Crippen molar-refractivity contribution in [2.75, 3.05) is 21.3 Å². The predicted molar refractivity (Wildman–Crippen MR) is 65.2 cm³/mol. The summed E-state index contributed by atoms with van der Waals surface area (Å²) in [5, 5.41) is 8.89. The zero-order valence-electron chi connectivity index (χ0n) is 10.4. The summed E-state index contributed by atoms with van der Waals surface area (Å²) >= 11 is 0. The largest absolute Gasteiger partial charge is 0.493 e. The molecule has 0 heterocycles. The third kappa shape index (κ3) is 2.80. The van der Waals surface area contributed by atoms with Gasteiger partial charge in [-0.15, -0.1) is 0 Å². The van der Waals surface area contributed by atoms with Crippen LogP contribution >= 0.6 is 0 Å². The first-order valence-corrected chi connectivity index (χ1v) is 5.09. The molecule has 0 aromatic heterocycles. The second kappa shape index (κ2) is 6.30. The van der Waals surface area contributed by atoms with Gasteiger partial charge >= 0.3 is 5.97 Å². The number of para-hydroxylation sites is 1. The number of rotatable bonds is 4. The van der Waals surface area contributed by atoms with Crippen molar-refractivity contribution >= 4 is 12.0 Å². The molecule has 0 aliphatic rings. The highest BCUT2D eigenvalue weighted by molar-refractivity contribution is 5.98. The number of esters is 1. The SMILES string of the molecule is COC(=O)C(C#N)=Cc1cccc(OC)c1OC. The monoisotopic (exact) mass is 247 g/mol. The molecule has 0 aliphatic carbocycles. The van der Waals surface area contributed by atoms with E-state index in [0.717, 1.165) is 0 Å². The van der Waals surface area contributed by atoms with Gasteiger partial charge in [0.25, 0.3) is 0 Å². The Morgan fingerprint density at radius 1 is 1.28 bits per heavy atom. The van der Waals surface area contributed by atoms with Crippen LogP contribution < -0.4 is 9.47 Å². The van der Waals surface area contributed by atoms with Gasteiger partial charge in [-0.05, 0) is 12.1 Å². The van der Waals surface area contributed by atoms with Crippen molar-refractivity contribution in [2.45, 2.75) is 0 Å². The lowest BCUT2D eigenvalue weighted by molar-refractivity contribution is -0.135. The van der Waals surface area contributed by atoms with Gasteiger partial charge in [0.2, 0.25) is 0 Å². The van der Waals surface area contributed by atoms with Crippen LogP contribution in [0.4, 0.5) is 0 Å². The lowest BCUT2D eigenvalue weighted by Crippen LogP contribution is -2.03. The lowest BCUT2D eigenvalue weighted by Gasteiger charge is -2.10. The molecule has 0 aliphatic heterocycles. The Labute approximate surface area is 105 Å². The number of nitrogens with zero attached hydrogens (tertiary/aromatic N) is 1. The number of benzene rings is 1. The molecule has 5 nitrogen and oxygen atoms in total. The van der Waals surface area contributed by atoms with Crippen molar-refractivity contribution in [3.63, 3.8) is 0 Å². The Balaban J connectivity index is 3.29. The summed E-state index contributed by atoms with van der Waals surface area (Å²) in [6.45, 7) is 0. The first-order chi connectivity index (χ1) is 8.67. The van der Waals surface area contributed by atoms with E-state index >= 15 is 0 Å². The van der Waals surface area contributed by atoms with Crippen LogP contribution in [-0.4, -0.2) is 27.3 Å². The molecule has 0 radical (unpaired) electrons. The van der Waals surface area contributed by atoms with Crippen LogP contribution in [0.15, 0.2) is 23.8 Å². The van der Waals surface area contributed by atoms with Gasteiger partial charge in [0.1, 0.15) is 11.6 Å². The smallest absolute Gasteiger partial charge is 0.348 e. The van der Waals surface area contributed by atoms with Crippen molar-refractivity contribution in [3.8, 4) is 17.6 Å². The minimum absolute atomic E-state index is 0.107. The molecule has 0 saturated carbocycles. The number of nitriles is 1. The Bertz CT molecular complexity index is 514. The molecule has 0 bridgehead atoms.